The molecule has 1 amide bonds. The van der Waals surface area contributed by atoms with Crippen LogP contribution in [0, 0.1) is 0 Å². The van der Waals surface area contributed by atoms with Gasteiger partial charge in [0.25, 0.3) is 5.91 Å². The van der Waals surface area contributed by atoms with Crippen molar-refractivity contribution in [2.45, 2.75) is 43.4 Å². The Labute approximate surface area is 163 Å². The first-order valence-electron chi connectivity index (χ1n) is 8.27. The number of hydrogen-bond acceptors (Lipinski definition) is 3. The lowest BCUT2D eigenvalue weighted by atomic mass is 10.0. The van der Waals surface area contributed by atoms with Gasteiger partial charge >= 0.3 is 6.18 Å². The highest BCUT2D eigenvalue weighted by Gasteiger charge is 2.35. The van der Waals surface area contributed by atoms with Gasteiger partial charge in [-0.15, -0.1) is 24.8 Å². The number of halogens is 5. The molecule has 0 radical (unpaired) electrons. The lowest BCUT2D eigenvalue weighted by molar-refractivity contribution is -0.148. The van der Waals surface area contributed by atoms with Crippen LogP contribution < -0.4 is 11.1 Å². The van der Waals surface area contributed by atoms with Crippen LogP contribution in [0.3, 0.4) is 0 Å². The Morgan fingerprint density at radius 1 is 1.23 bits per heavy atom. The van der Waals surface area contributed by atoms with E-state index in [4.69, 9.17) is 5.73 Å². The Kier molecular flexibility index (Phi) is 8.20. The number of amides is 1. The summed E-state index contributed by atoms with van der Waals surface area (Å²) in [6, 6.07) is 7.55. The third-order valence-corrected chi connectivity index (χ3v) is 4.74. The first kappa shape index (κ1) is 23.0. The zero-order chi connectivity index (χ0) is 17.3. The summed E-state index contributed by atoms with van der Waals surface area (Å²) in [6.45, 7) is -0.180. The summed E-state index contributed by atoms with van der Waals surface area (Å²) in [5.41, 5.74) is 7.51. The number of nitrogens with one attached hydrogen (secondary N) is 1. The molecule has 0 aromatic heterocycles. The van der Waals surface area contributed by atoms with Gasteiger partial charge in [0.2, 0.25) is 0 Å². The molecule has 3 N–H and O–H groups in total. The average molecular weight is 414 g/mol. The topological polar surface area (TPSA) is 58.4 Å². The normalized spacial score (nSPS) is 23.5. The number of hydrogen-bond donors (Lipinski definition) is 2. The molecule has 4 nitrogen and oxygen atoms in total. The van der Waals surface area contributed by atoms with Gasteiger partial charge in [-0.25, -0.2) is 0 Å². The van der Waals surface area contributed by atoms with Gasteiger partial charge in [0.15, 0.2) is 0 Å². The molecule has 3 rings (SSSR count). The zero-order valence-electron chi connectivity index (χ0n) is 14.2. The summed E-state index contributed by atoms with van der Waals surface area (Å²) in [5, 5.41) is 2.94. The van der Waals surface area contributed by atoms with Gasteiger partial charge in [-0.2, -0.15) is 13.2 Å². The number of nitrogens with two attached hydrogens (primary N) is 1. The summed E-state index contributed by atoms with van der Waals surface area (Å²) < 4.78 is 37.2. The van der Waals surface area contributed by atoms with E-state index in [1.165, 1.54) is 4.90 Å². The second-order valence-electron chi connectivity index (χ2n) is 6.77. The molecule has 1 aliphatic heterocycles. The third-order valence-electron chi connectivity index (χ3n) is 4.74. The molecule has 0 spiro atoms. The third kappa shape index (κ3) is 6.30. The Morgan fingerprint density at radius 3 is 2.38 bits per heavy atom. The zero-order valence-corrected chi connectivity index (χ0v) is 15.8. The number of alkyl halides is 3. The Hall–Kier alpha value is -1.02. The Bertz CT molecular complexity index is 607. The number of carbonyl (C=O) groups excluding carboxylic acids is 1. The molecule has 2 fully saturated rings. The van der Waals surface area contributed by atoms with Gasteiger partial charge in [-0.1, -0.05) is 12.1 Å². The molecule has 1 saturated carbocycles. The summed E-state index contributed by atoms with van der Waals surface area (Å²) in [5.74, 6) is 0.170. The minimum atomic E-state index is -4.17. The van der Waals surface area contributed by atoms with Crippen LogP contribution in [-0.4, -0.2) is 48.7 Å². The van der Waals surface area contributed by atoms with E-state index in [0.717, 1.165) is 12.0 Å². The number of piperidine rings is 1. The van der Waals surface area contributed by atoms with Crippen molar-refractivity contribution in [1.82, 2.24) is 10.2 Å². The highest BCUT2D eigenvalue weighted by molar-refractivity contribution is 5.94. The van der Waals surface area contributed by atoms with Crippen molar-refractivity contribution in [2.75, 3.05) is 19.6 Å². The van der Waals surface area contributed by atoms with Crippen LogP contribution in [0.4, 0.5) is 13.2 Å². The molecule has 1 aromatic carbocycles. The lowest BCUT2D eigenvalue weighted by Crippen LogP contribution is -2.47. The summed E-state index contributed by atoms with van der Waals surface area (Å²) in [7, 11) is 0. The quantitative estimate of drug-likeness (QED) is 0.796. The van der Waals surface area contributed by atoms with Gasteiger partial charge in [-0.05, 0) is 37.0 Å². The highest BCUT2D eigenvalue weighted by Crippen LogP contribution is 2.39. The molecule has 26 heavy (non-hydrogen) atoms. The fourth-order valence-corrected chi connectivity index (χ4v) is 3.27. The number of nitrogens with zero attached hydrogens (tertiary/aromatic N) is 1. The lowest BCUT2D eigenvalue weighted by Gasteiger charge is -2.32. The van der Waals surface area contributed by atoms with Crippen LogP contribution in [-0.2, 0) is 0 Å². The Morgan fingerprint density at radius 2 is 1.85 bits per heavy atom. The average Bonchev–Trinajstić information content (AvgIpc) is 3.25. The Balaban J connectivity index is 0.00000169. The molecular weight excluding hydrogens is 390 g/mol. The van der Waals surface area contributed by atoms with Crippen molar-refractivity contribution in [1.29, 1.82) is 0 Å². The number of rotatable bonds is 4. The van der Waals surface area contributed by atoms with Crippen LogP contribution >= 0.6 is 24.8 Å². The molecule has 1 heterocycles. The van der Waals surface area contributed by atoms with Crippen molar-refractivity contribution in [3.63, 3.8) is 0 Å². The van der Waals surface area contributed by atoms with Crippen molar-refractivity contribution in [2.24, 2.45) is 5.73 Å². The van der Waals surface area contributed by atoms with E-state index >= 15 is 0 Å². The molecule has 1 aliphatic carbocycles. The smallest absolute Gasteiger partial charge is 0.349 e. The van der Waals surface area contributed by atoms with Crippen LogP contribution in [0.2, 0.25) is 0 Å². The molecule has 2 atom stereocenters. The van der Waals surface area contributed by atoms with E-state index in [1.54, 1.807) is 6.07 Å². The van der Waals surface area contributed by atoms with Crippen molar-refractivity contribution >= 4 is 30.7 Å². The second kappa shape index (κ2) is 9.26. The molecule has 9 heteroatoms. The molecule has 2 aliphatic rings. The molecule has 2 unspecified atom stereocenters. The molecule has 1 saturated heterocycles. The van der Waals surface area contributed by atoms with E-state index in [9.17, 15) is 18.0 Å². The van der Waals surface area contributed by atoms with Crippen LogP contribution in [0.5, 0.6) is 0 Å². The van der Waals surface area contributed by atoms with E-state index in [1.807, 2.05) is 18.2 Å². The highest BCUT2D eigenvalue weighted by atomic mass is 35.5. The van der Waals surface area contributed by atoms with Crippen molar-refractivity contribution < 1.29 is 18.0 Å². The van der Waals surface area contributed by atoms with Gasteiger partial charge in [-0.3, -0.25) is 9.69 Å². The van der Waals surface area contributed by atoms with Crippen LogP contribution in [0.25, 0.3) is 0 Å². The predicted molar refractivity (Wildman–Crippen MR) is 99.3 cm³/mol. The van der Waals surface area contributed by atoms with Gasteiger partial charge in [0.05, 0.1) is 6.54 Å². The standard InChI is InChI=1S/C17H22F3N3O.2ClH/c18-17(19,20)10-23-6-4-13(5-7-23)22-16(24)12-3-1-2-11(8-12)14-9-15(14)21;;/h1-3,8,13-15H,4-7,9-10,21H2,(H,22,24);2*1H. The maximum absolute atomic E-state index is 12.4. The van der Waals surface area contributed by atoms with Crippen molar-refractivity contribution in [3.05, 3.63) is 35.4 Å². The first-order chi connectivity index (χ1) is 11.3. The van der Waals surface area contributed by atoms with Crippen molar-refractivity contribution in [3.8, 4) is 0 Å². The number of likely N-dealkylation sites (tertiary alicyclic amines) is 1. The molecule has 148 valence electrons. The van der Waals surface area contributed by atoms with Crippen LogP contribution in [0.15, 0.2) is 24.3 Å². The van der Waals surface area contributed by atoms with E-state index < -0.39 is 12.7 Å². The van der Waals surface area contributed by atoms with Gasteiger partial charge < -0.3 is 11.1 Å². The van der Waals surface area contributed by atoms with E-state index in [0.29, 0.717) is 37.4 Å². The fourth-order valence-electron chi connectivity index (χ4n) is 3.27. The summed E-state index contributed by atoms with van der Waals surface area (Å²) >= 11 is 0. The minimum absolute atomic E-state index is 0. The van der Waals surface area contributed by atoms with Gasteiger partial charge in [0.1, 0.15) is 0 Å². The fraction of sp³-hybridized carbons (Fsp3) is 0.588. The molecular formula is C17H24Cl2F3N3O. The van der Waals surface area contributed by atoms with E-state index in [2.05, 4.69) is 5.32 Å². The summed E-state index contributed by atoms with van der Waals surface area (Å²) in [4.78, 5) is 13.8. The summed E-state index contributed by atoms with van der Waals surface area (Å²) in [6.07, 6.45) is -2.15. The maximum atomic E-state index is 12.4. The van der Waals surface area contributed by atoms with Gasteiger partial charge in [0, 0.05) is 36.7 Å². The molecule has 0 bridgehead atoms. The van der Waals surface area contributed by atoms with E-state index in [-0.39, 0.29) is 42.8 Å². The minimum Gasteiger partial charge on any atom is -0.349 e. The SMILES string of the molecule is Cl.Cl.NC1CC1c1cccc(C(=O)NC2CCN(CC(F)(F)F)CC2)c1. The maximum Gasteiger partial charge on any atom is 0.401 e. The predicted octanol–water partition coefficient (Wildman–Crippen LogP) is 3.10. The first-order valence-corrected chi connectivity index (χ1v) is 8.27. The molecule has 1 aromatic rings. The number of carbonyl (C=O) groups is 1. The second-order valence-corrected chi connectivity index (χ2v) is 6.77. The van der Waals surface area contributed by atoms with Crippen LogP contribution in [0.1, 0.15) is 41.1 Å². The number of benzene rings is 1. The monoisotopic (exact) mass is 413 g/mol. The largest absolute Gasteiger partial charge is 0.401 e.